The van der Waals surface area contributed by atoms with Crippen LogP contribution >= 0.6 is 0 Å². The smallest absolute Gasteiger partial charge is 0.251 e. The second-order valence-electron chi connectivity index (χ2n) is 14.5. The maximum absolute atomic E-state index is 15.9. The summed E-state index contributed by atoms with van der Waals surface area (Å²) in [6.45, 7) is 12.3. The number of aryl methyl sites for hydroxylation is 2. The Hall–Kier alpha value is -5.17. The summed E-state index contributed by atoms with van der Waals surface area (Å²) in [5.41, 5.74) is 7.04. The van der Waals surface area contributed by atoms with Gasteiger partial charge in [0.15, 0.2) is 5.65 Å². The first-order valence-corrected chi connectivity index (χ1v) is 19.5. The van der Waals surface area contributed by atoms with Crippen molar-refractivity contribution in [3.63, 3.8) is 0 Å². The zero-order valence-electron chi connectivity index (χ0n) is 32.0. The molecule has 0 bridgehead atoms. The number of hydrogen-bond donors (Lipinski definition) is 4. The fourth-order valence-corrected chi connectivity index (χ4v) is 7.64. The van der Waals surface area contributed by atoms with Crippen LogP contribution in [0.4, 0.5) is 10.1 Å². The molecule has 11 nitrogen and oxygen atoms in total. The number of rotatable bonds is 13. The van der Waals surface area contributed by atoms with Crippen molar-refractivity contribution in [3.05, 3.63) is 112 Å². The van der Waals surface area contributed by atoms with Gasteiger partial charge in [-0.25, -0.2) is 14.1 Å². The molecule has 2 amide bonds. The van der Waals surface area contributed by atoms with E-state index in [2.05, 4.69) is 51.2 Å². The molecule has 4 heterocycles. The maximum Gasteiger partial charge on any atom is 0.251 e. The number of carbonyl (C=O) groups excluding carboxylic acids is 2. The zero-order valence-corrected chi connectivity index (χ0v) is 32.0. The van der Waals surface area contributed by atoms with Crippen LogP contribution in [0.25, 0.3) is 22.2 Å². The molecule has 5 aromatic rings. The van der Waals surface area contributed by atoms with Gasteiger partial charge in [-0.2, -0.15) is 5.10 Å². The van der Waals surface area contributed by atoms with Crippen LogP contribution in [-0.4, -0.2) is 76.4 Å². The summed E-state index contributed by atoms with van der Waals surface area (Å²) in [4.78, 5) is 34.3. The van der Waals surface area contributed by atoms with Crippen LogP contribution in [0.5, 0.6) is 0 Å². The van der Waals surface area contributed by atoms with E-state index in [0.717, 1.165) is 78.1 Å². The Kier molecular flexibility index (Phi) is 12.1. The number of halogens is 1. The van der Waals surface area contributed by atoms with Crippen LogP contribution in [0.3, 0.4) is 0 Å². The Morgan fingerprint density at radius 1 is 0.964 bits per heavy atom. The number of aromatic nitrogens is 3. The third kappa shape index (κ3) is 8.88. The van der Waals surface area contributed by atoms with Gasteiger partial charge >= 0.3 is 0 Å². The Balaban J connectivity index is 1.02. The molecule has 0 aliphatic carbocycles. The molecule has 0 radical (unpaired) electrons. The van der Waals surface area contributed by atoms with Crippen molar-refractivity contribution in [3.8, 4) is 11.1 Å². The molecular weight excluding hydrogens is 696 g/mol. The van der Waals surface area contributed by atoms with E-state index in [1.807, 2.05) is 42.1 Å². The van der Waals surface area contributed by atoms with E-state index in [9.17, 15) is 9.59 Å². The van der Waals surface area contributed by atoms with Gasteiger partial charge in [-0.05, 0) is 68.5 Å². The van der Waals surface area contributed by atoms with Gasteiger partial charge in [0.2, 0.25) is 0 Å². The third-order valence-corrected chi connectivity index (χ3v) is 10.6. The summed E-state index contributed by atoms with van der Waals surface area (Å²) in [6, 6.07) is 20.5. The molecule has 4 N–H and O–H groups in total. The van der Waals surface area contributed by atoms with E-state index < -0.39 is 5.91 Å². The molecular formula is C43H51FN8O3. The van der Waals surface area contributed by atoms with E-state index in [-0.39, 0.29) is 30.9 Å². The molecule has 12 heteroatoms. The molecule has 2 aliphatic rings. The van der Waals surface area contributed by atoms with Crippen LogP contribution in [-0.2, 0) is 37.3 Å². The number of nitrogens with zero attached hydrogens (tertiary/aromatic N) is 4. The standard InChI is InChI=1S/C43H51FN8O3/c1-4-38-36(40(49-34-15-19-55-20-16-34)37-25-48-52(5-2)41(37)50-38)24-47-43(54)32-12-7-11-31(22-32)42(53)46-23-33-13-8-14-35(39(33)44)30-10-6-9-29(21-30)27-51-18-17-45-28(3)26-51/h6-14,21-22,25,28,34,45H,4-5,15-20,23-24,26-27H2,1-3H3,(H,46,53)(H,47,54)(H,49,50). The van der Waals surface area contributed by atoms with Gasteiger partial charge in [0.1, 0.15) is 5.82 Å². The summed E-state index contributed by atoms with van der Waals surface area (Å²) in [6.07, 6.45) is 4.29. The quantitative estimate of drug-likeness (QED) is 0.115. The van der Waals surface area contributed by atoms with E-state index in [0.29, 0.717) is 54.5 Å². The Morgan fingerprint density at radius 2 is 1.71 bits per heavy atom. The molecule has 0 spiro atoms. The SMILES string of the molecule is CCc1nc2c(cnn2CC)c(NC2CCOCC2)c1CNC(=O)c1cccc(C(=O)NCc2cccc(-c3cccc(CN4CCNC(C)C4)c3)c2F)c1. The normalized spacial score (nSPS) is 16.6. The lowest BCUT2D eigenvalue weighted by Crippen LogP contribution is -2.48. The van der Waals surface area contributed by atoms with Crippen molar-refractivity contribution >= 4 is 28.5 Å². The predicted octanol–water partition coefficient (Wildman–Crippen LogP) is 6.06. The lowest BCUT2D eigenvalue weighted by Gasteiger charge is -2.31. The van der Waals surface area contributed by atoms with Crippen molar-refractivity contribution < 1.29 is 18.7 Å². The summed E-state index contributed by atoms with van der Waals surface area (Å²) in [5.74, 6) is -1.08. The van der Waals surface area contributed by atoms with Gasteiger partial charge in [-0.3, -0.25) is 14.5 Å². The van der Waals surface area contributed by atoms with Gasteiger partial charge < -0.3 is 26.0 Å². The molecule has 1 unspecified atom stereocenters. The molecule has 7 rings (SSSR count). The minimum atomic E-state index is -0.398. The fourth-order valence-electron chi connectivity index (χ4n) is 7.64. The van der Waals surface area contributed by atoms with Crippen molar-refractivity contribution in [2.24, 2.45) is 0 Å². The number of fused-ring (bicyclic) bond motifs is 1. The number of hydrogen-bond acceptors (Lipinski definition) is 8. The van der Waals surface area contributed by atoms with Crippen LogP contribution in [0.2, 0.25) is 0 Å². The highest BCUT2D eigenvalue weighted by Crippen LogP contribution is 2.32. The van der Waals surface area contributed by atoms with E-state index in [1.165, 1.54) is 0 Å². The lowest BCUT2D eigenvalue weighted by atomic mass is 9.99. The first-order valence-electron chi connectivity index (χ1n) is 19.5. The first kappa shape index (κ1) is 38.1. The van der Waals surface area contributed by atoms with E-state index in [4.69, 9.17) is 9.72 Å². The third-order valence-electron chi connectivity index (χ3n) is 10.6. The average molecular weight is 747 g/mol. The summed E-state index contributed by atoms with van der Waals surface area (Å²) in [5, 5.41) is 18.6. The topological polar surface area (TPSA) is 125 Å². The molecule has 2 fully saturated rings. The molecule has 0 saturated carbocycles. The fraction of sp³-hybridized carbons (Fsp3) is 0.395. The monoisotopic (exact) mass is 746 g/mol. The highest BCUT2D eigenvalue weighted by molar-refractivity contribution is 6.00. The number of nitrogens with one attached hydrogen (secondary N) is 4. The number of amides is 2. The largest absolute Gasteiger partial charge is 0.381 e. The summed E-state index contributed by atoms with van der Waals surface area (Å²) in [7, 11) is 0. The van der Waals surface area contributed by atoms with Crippen molar-refractivity contribution in [2.45, 2.75) is 78.3 Å². The molecule has 55 heavy (non-hydrogen) atoms. The number of piperazine rings is 1. The minimum absolute atomic E-state index is 0.0000696. The molecule has 288 valence electrons. The number of carbonyl (C=O) groups is 2. The summed E-state index contributed by atoms with van der Waals surface area (Å²) < 4.78 is 23.4. The Bertz CT molecular complexity index is 2150. The number of pyridine rings is 1. The zero-order chi connectivity index (χ0) is 38.3. The molecule has 2 aromatic heterocycles. The van der Waals surface area contributed by atoms with Gasteiger partial charge in [-0.1, -0.05) is 49.4 Å². The Morgan fingerprint density at radius 3 is 2.45 bits per heavy atom. The summed E-state index contributed by atoms with van der Waals surface area (Å²) >= 11 is 0. The van der Waals surface area contributed by atoms with Gasteiger partial charge in [0.05, 0.1) is 17.3 Å². The second kappa shape index (κ2) is 17.5. The average Bonchev–Trinajstić information content (AvgIpc) is 3.63. The predicted molar refractivity (Wildman–Crippen MR) is 213 cm³/mol. The van der Waals surface area contributed by atoms with Crippen molar-refractivity contribution in [2.75, 3.05) is 38.2 Å². The van der Waals surface area contributed by atoms with Crippen LogP contribution < -0.4 is 21.3 Å². The molecule has 1 atom stereocenters. The van der Waals surface area contributed by atoms with Crippen molar-refractivity contribution in [1.82, 2.24) is 35.6 Å². The van der Waals surface area contributed by atoms with Gasteiger partial charge in [-0.15, -0.1) is 0 Å². The van der Waals surface area contributed by atoms with E-state index >= 15 is 4.39 Å². The van der Waals surface area contributed by atoms with E-state index in [1.54, 1.807) is 36.4 Å². The number of anilines is 1. The minimum Gasteiger partial charge on any atom is -0.381 e. The van der Waals surface area contributed by atoms with Crippen molar-refractivity contribution in [1.29, 1.82) is 0 Å². The lowest BCUT2D eigenvalue weighted by molar-refractivity contribution is 0.0904. The molecule has 2 aliphatic heterocycles. The van der Waals surface area contributed by atoms with Gasteiger partial charge in [0, 0.05) is 105 Å². The van der Waals surface area contributed by atoms with Crippen LogP contribution in [0.1, 0.15) is 76.7 Å². The van der Waals surface area contributed by atoms with Crippen LogP contribution in [0, 0.1) is 5.82 Å². The second-order valence-corrected chi connectivity index (χ2v) is 14.5. The number of benzene rings is 3. The highest BCUT2D eigenvalue weighted by atomic mass is 19.1. The Labute approximate surface area is 322 Å². The first-order chi connectivity index (χ1) is 26.8. The number of ether oxygens (including phenoxy) is 1. The maximum atomic E-state index is 15.9. The molecule has 3 aromatic carbocycles. The molecule has 2 saturated heterocycles. The van der Waals surface area contributed by atoms with Crippen LogP contribution in [0.15, 0.2) is 72.9 Å². The highest BCUT2D eigenvalue weighted by Gasteiger charge is 2.23. The van der Waals surface area contributed by atoms with Gasteiger partial charge in [0.25, 0.3) is 11.8 Å².